The van der Waals surface area contributed by atoms with Crippen LogP contribution in [-0.2, 0) is 0 Å². The lowest BCUT2D eigenvalue weighted by Crippen LogP contribution is -1.56. The summed E-state index contributed by atoms with van der Waals surface area (Å²) in [5.41, 5.74) is 1.72. The molecule has 0 saturated heterocycles. The zero-order valence-corrected chi connectivity index (χ0v) is 4.48. The van der Waals surface area contributed by atoms with Gasteiger partial charge in [-0.25, -0.2) is 0 Å². The van der Waals surface area contributed by atoms with Crippen LogP contribution >= 0.6 is 0 Å². The molecule has 0 radical (unpaired) electrons. The van der Waals surface area contributed by atoms with Crippen molar-refractivity contribution >= 4 is 0 Å². The zero-order chi connectivity index (χ0) is 4.69. The van der Waals surface area contributed by atoms with Crippen molar-refractivity contribution in [3.63, 3.8) is 0 Å². The number of allylic oxidation sites excluding steroid dienone is 2. The summed E-state index contributed by atoms with van der Waals surface area (Å²) >= 11 is 0. The topological polar surface area (TPSA) is 0 Å². The number of hydrogen-bond donors (Lipinski definition) is 0. The Hall–Kier alpha value is -0.260. The number of rotatable bonds is 1. The van der Waals surface area contributed by atoms with Crippen LogP contribution in [0.1, 0.15) is 25.7 Å². The number of hydrogen-bond acceptors (Lipinski definition) is 0. The van der Waals surface area contributed by atoms with E-state index in [-0.39, 0.29) is 0 Å². The molecule has 0 amide bonds. The van der Waals surface area contributed by atoms with Gasteiger partial charge in [0, 0.05) is 0 Å². The van der Waals surface area contributed by atoms with Crippen LogP contribution in [0.5, 0.6) is 0 Å². The standard InChI is InChI=1S/C7H10/c1-2-6(1)5-7-3-4-7/h5-6H,1-4H2. The third kappa shape index (κ3) is 0.846. The lowest BCUT2D eigenvalue weighted by molar-refractivity contribution is 1.12. The normalized spacial score (nSPS) is 27.7. The molecule has 0 heteroatoms. The van der Waals surface area contributed by atoms with Crippen molar-refractivity contribution in [1.82, 2.24) is 0 Å². The molecule has 2 aliphatic carbocycles. The van der Waals surface area contributed by atoms with Gasteiger partial charge in [0.05, 0.1) is 0 Å². The Balaban J connectivity index is 1.97. The summed E-state index contributed by atoms with van der Waals surface area (Å²) in [7, 11) is 0. The van der Waals surface area contributed by atoms with Crippen LogP contribution in [0.3, 0.4) is 0 Å². The average Bonchev–Trinajstić information content (AvgIpc) is 2.33. The molecule has 0 aromatic heterocycles. The molecule has 0 atom stereocenters. The summed E-state index contributed by atoms with van der Waals surface area (Å²) in [5, 5.41) is 0. The van der Waals surface area contributed by atoms with E-state index in [1.54, 1.807) is 5.57 Å². The molecule has 38 valence electrons. The predicted molar refractivity (Wildman–Crippen MR) is 30.0 cm³/mol. The summed E-state index contributed by atoms with van der Waals surface area (Å²) < 4.78 is 0. The van der Waals surface area contributed by atoms with Crippen molar-refractivity contribution in [2.24, 2.45) is 5.92 Å². The predicted octanol–water partition coefficient (Wildman–Crippen LogP) is 2.12. The molecular formula is C7H10. The van der Waals surface area contributed by atoms with E-state index >= 15 is 0 Å². The van der Waals surface area contributed by atoms with Gasteiger partial charge in [-0.2, -0.15) is 0 Å². The van der Waals surface area contributed by atoms with Crippen LogP contribution < -0.4 is 0 Å². The molecule has 0 aromatic rings. The van der Waals surface area contributed by atoms with Crippen molar-refractivity contribution in [2.45, 2.75) is 25.7 Å². The summed E-state index contributed by atoms with van der Waals surface area (Å²) in [6.07, 6.45) is 8.25. The van der Waals surface area contributed by atoms with Crippen LogP contribution in [0.2, 0.25) is 0 Å². The molecule has 2 saturated carbocycles. The van der Waals surface area contributed by atoms with Crippen molar-refractivity contribution in [1.29, 1.82) is 0 Å². The first-order chi connectivity index (χ1) is 3.45. The molecular weight excluding hydrogens is 84.1 g/mol. The molecule has 2 rings (SSSR count). The van der Waals surface area contributed by atoms with E-state index in [1.165, 1.54) is 25.7 Å². The Kier molecular flexibility index (Phi) is 0.592. The van der Waals surface area contributed by atoms with E-state index in [0.717, 1.165) is 5.92 Å². The molecule has 2 aliphatic rings. The van der Waals surface area contributed by atoms with E-state index in [1.807, 2.05) is 0 Å². The fraction of sp³-hybridized carbons (Fsp3) is 0.714. The van der Waals surface area contributed by atoms with Gasteiger partial charge in [-0.05, 0) is 31.6 Å². The minimum Gasteiger partial charge on any atom is -0.0822 e. The van der Waals surface area contributed by atoms with Gasteiger partial charge in [0.25, 0.3) is 0 Å². The monoisotopic (exact) mass is 94.1 g/mol. The summed E-state index contributed by atoms with van der Waals surface area (Å²) in [6.45, 7) is 0. The maximum Gasteiger partial charge on any atom is -0.0230 e. The van der Waals surface area contributed by atoms with Crippen molar-refractivity contribution in [3.05, 3.63) is 11.6 Å². The molecule has 0 unspecified atom stereocenters. The maximum absolute atomic E-state index is 2.47. The van der Waals surface area contributed by atoms with Gasteiger partial charge in [-0.15, -0.1) is 0 Å². The van der Waals surface area contributed by atoms with Crippen LogP contribution in [-0.4, -0.2) is 0 Å². The maximum atomic E-state index is 2.47. The highest BCUT2D eigenvalue weighted by Crippen LogP contribution is 2.37. The van der Waals surface area contributed by atoms with Crippen LogP contribution in [0.4, 0.5) is 0 Å². The summed E-state index contributed by atoms with van der Waals surface area (Å²) in [6, 6.07) is 0. The SMILES string of the molecule is C(=C1CC1)C1CC1. The Morgan fingerprint density at radius 2 is 2.00 bits per heavy atom. The highest BCUT2D eigenvalue weighted by Gasteiger charge is 2.22. The van der Waals surface area contributed by atoms with E-state index < -0.39 is 0 Å². The fourth-order valence-corrected chi connectivity index (χ4v) is 0.835. The quantitative estimate of drug-likeness (QED) is 0.436. The Morgan fingerprint density at radius 3 is 2.43 bits per heavy atom. The van der Waals surface area contributed by atoms with Gasteiger partial charge in [-0.3, -0.25) is 0 Å². The minimum absolute atomic E-state index is 1.03. The molecule has 0 spiro atoms. The second-order valence-electron chi connectivity index (χ2n) is 2.66. The first-order valence-electron chi connectivity index (χ1n) is 3.15. The molecule has 0 N–H and O–H groups in total. The molecule has 0 bridgehead atoms. The van der Waals surface area contributed by atoms with Gasteiger partial charge in [0.2, 0.25) is 0 Å². The van der Waals surface area contributed by atoms with Gasteiger partial charge >= 0.3 is 0 Å². The van der Waals surface area contributed by atoms with Gasteiger partial charge in [0.15, 0.2) is 0 Å². The summed E-state index contributed by atoms with van der Waals surface area (Å²) in [5.74, 6) is 1.03. The molecule has 0 aromatic carbocycles. The van der Waals surface area contributed by atoms with E-state index in [2.05, 4.69) is 6.08 Å². The van der Waals surface area contributed by atoms with Crippen LogP contribution in [0.15, 0.2) is 11.6 Å². The van der Waals surface area contributed by atoms with Gasteiger partial charge < -0.3 is 0 Å². The Morgan fingerprint density at radius 1 is 1.29 bits per heavy atom. The van der Waals surface area contributed by atoms with Crippen molar-refractivity contribution in [3.8, 4) is 0 Å². The third-order valence-electron chi connectivity index (χ3n) is 1.63. The second-order valence-corrected chi connectivity index (χ2v) is 2.66. The van der Waals surface area contributed by atoms with Gasteiger partial charge in [0.1, 0.15) is 0 Å². The molecule has 2 fully saturated rings. The third-order valence-corrected chi connectivity index (χ3v) is 1.63. The van der Waals surface area contributed by atoms with E-state index in [0.29, 0.717) is 0 Å². The van der Waals surface area contributed by atoms with E-state index in [4.69, 9.17) is 0 Å². The van der Waals surface area contributed by atoms with Crippen LogP contribution in [0.25, 0.3) is 0 Å². The first-order valence-corrected chi connectivity index (χ1v) is 3.15. The average molecular weight is 94.2 g/mol. The highest BCUT2D eigenvalue weighted by molar-refractivity contribution is 5.19. The zero-order valence-electron chi connectivity index (χ0n) is 4.48. The first kappa shape index (κ1) is 3.71. The highest BCUT2D eigenvalue weighted by atomic mass is 14.3. The second kappa shape index (κ2) is 1.12. The van der Waals surface area contributed by atoms with Crippen molar-refractivity contribution < 1.29 is 0 Å². The van der Waals surface area contributed by atoms with Crippen molar-refractivity contribution in [2.75, 3.05) is 0 Å². The molecule has 7 heavy (non-hydrogen) atoms. The largest absolute Gasteiger partial charge is 0.0822 e. The molecule has 0 aliphatic heterocycles. The summed E-state index contributed by atoms with van der Waals surface area (Å²) in [4.78, 5) is 0. The van der Waals surface area contributed by atoms with E-state index in [9.17, 15) is 0 Å². The Labute approximate surface area is 44.2 Å². The molecule has 0 nitrogen and oxygen atoms in total. The lowest BCUT2D eigenvalue weighted by Gasteiger charge is -1.71. The van der Waals surface area contributed by atoms with Gasteiger partial charge in [-0.1, -0.05) is 11.6 Å². The Bertz CT molecular complexity index is 101. The molecule has 0 heterocycles. The smallest absolute Gasteiger partial charge is 0.0230 e. The minimum atomic E-state index is 1.03. The lowest BCUT2D eigenvalue weighted by atomic mass is 10.4. The fourth-order valence-electron chi connectivity index (χ4n) is 0.835. The van der Waals surface area contributed by atoms with Crippen LogP contribution in [0, 0.1) is 5.92 Å².